The summed E-state index contributed by atoms with van der Waals surface area (Å²) in [7, 11) is 0. The lowest BCUT2D eigenvalue weighted by Gasteiger charge is -2.09. The number of anilines is 1. The Labute approximate surface area is 161 Å². The second-order valence-corrected chi connectivity index (χ2v) is 5.79. The summed E-state index contributed by atoms with van der Waals surface area (Å²) in [6.07, 6.45) is 0. The zero-order valence-corrected chi connectivity index (χ0v) is 14.6. The summed E-state index contributed by atoms with van der Waals surface area (Å²) in [6.45, 7) is -0.997. The Morgan fingerprint density at radius 1 is 0.966 bits per heavy atom. The predicted octanol–water partition coefficient (Wildman–Crippen LogP) is 2.34. The molecule has 29 heavy (non-hydrogen) atoms. The zero-order valence-electron chi connectivity index (χ0n) is 14.6. The summed E-state index contributed by atoms with van der Waals surface area (Å²) in [5, 5.41) is 4.91. The van der Waals surface area contributed by atoms with Gasteiger partial charge in [-0.2, -0.15) is 0 Å². The fourth-order valence-electron chi connectivity index (χ4n) is 2.33. The number of carbonyl (C=O) groups excluding carboxylic acids is 2. The maximum Gasteiger partial charge on any atom is 0.336 e. The van der Waals surface area contributed by atoms with Crippen LogP contribution in [0.4, 0.5) is 18.9 Å². The van der Waals surface area contributed by atoms with Crippen LogP contribution in [0.25, 0.3) is 11.0 Å². The van der Waals surface area contributed by atoms with Crippen LogP contribution >= 0.6 is 0 Å². The van der Waals surface area contributed by atoms with E-state index in [4.69, 9.17) is 9.15 Å². The molecule has 0 aliphatic heterocycles. The van der Waals surface area contributed by atoms with E-state index < -0.39 is 53.7 Å². The van der Waals surface area contributed by atoms with E-state index in [1.807, 2.05) is 5.32 Å². The molecule has 150 valence electrons. The molecule has 1 aromatic heterocycles. The molecule has 1 heterocycles. The van der Waals surface area contributed by atoms with Gasteiger partial charge in [-0.25, -0.2) is 18.0 Å². The Bertz CT molecular complexity index is 1150. The quantitative estimate of drug-likeness (QED) is 0.484. The zero-order chi connectivity index (χ0) is 21.0. The topological polar surface area (TPSA) is 97.6 Å². The van der Waals surface area contributed by atoms with Crippen molar-refractivity contribution in [2.75, 3.05) is 18.5 Å². The highest BCUT2D eigenvalue weighted by Crippen LogP contribution is 2.20. The van der Waals surface area contributed by atoms with Crippen molar-refractivity contribution < 1.29 is 31.9 Å². The highest BCUT2D eigenvalue weighted by atomic mass is 19.2. The van der Waals surface area contributed by atoms with Gasteiger partial charge in [-0.15, -0.1) is 0 Å². The van der Waals surface area contributed by atoms with Crippen LogP contribution in [0.3, 0.4) is 0 Å². The van der Waals surface area contributed by atoms with Gasteiger partial charge in [0.25, 0.3) is 5.91 Å². The molecule has 3 rings (SSSR count). The van der Waals surface area contributed by atoms with Gasteiger partial charge >= 0.3 is 5.63 Å². The third-order valence-electron chi connectivity index (χ3n) is 3.72. The highest BCUT2D eigenvalue weighted by molar-refractivity contribution is 5.94. The SMILES string of the molecule is O=C(COc1ccc2ccc(=O)oc2c1)NCC(=O)Nc1ccc(F)c(F)c1F. The number of halogens is 3. The molecule has 0 saturated heterocycles. The number of nitrogens with one attached hydrogen (secondary N) is 2. The third kappa shape index (κ3) is 4.92. The molecule has 0 radical (unpaired) electrons. The Morgan fingerprint density at radius 2 is 1.72 bits per heavy atom. The Kier molecular flexibility index (Phi) is 5.82. The number of fused-ring (bicyclic) bond motifs is 1. The van der Waals surface area contributed by atoms with E-state index in [0.29, 0.717) is 11.5 Å². The summed E-state index contributed by atoms with van der Waals surface area (Å²) in [5.74, 6) is -5.91. The Morgan fingerprint density at radius 3 is 2.52 bits per heavy atom. The van der Waals surface area contributed by atoms with Crippen molar-refractivity contribution >= 4 is 28.5 Å². The minimum absolute atomic E-state index is 0.260. The lowest BCUT2D eigenvalue weighted by Crippen LogP contribution is -2.36. The minimum atomic E-state index is -1.72. The van der Waals surface area contributed by atoms with Crippen LogP contribution in [0, 0.1) is 17.5 Å². The van der Waals surface area contributed by atoms with Crippen molar-refractivity contribution in [2.45, 2.75) is 0 Å². The third-order valence-corrected chi connectivity index (χ3v) is 3.72. The van der Waals surface area contributed by atoms with Crippen LogP contribution in [0.15, 0.2) is 51.7 Å². The molecule has 0 aliphatic carbocycles. The number of hydrogen-bond acceptors (Lipinski definition) is 5. The average Bonchev–Trinajstić information content (AvgIpc) is 2.70. The molecule has 0 atom stereocenters. The highest BCUT2D eigenvalue weighted by Gasteiger charge is 2.15. The molecule has 0 bridgehead atoms. The lowest BCUT2D eigenvalue weighted by atomic mass is 10.2. The van der Waals surface area contributed by atoms with Crippen LogP contribution in [0.2, 0.25) is 0 Å². The van der Waals surface area contributed by atoms with E-state index >= 15 is 0 Å². The van der Waals surface area contributed by atoms with Crippen molar-refractivity contribution in [3.63, 3.8) is 0 Å². The number of ether oxygens (including phenoxy) is 1. The molecule has 7 nitrogen and oxygen atoms in total. The van der Waals surface area contributed by atoms with Crippen molar-refractivity contribution in [1.29, 1.82) is 0 Å². The van der Waals surface area contributed by atoms with Gasteiger partial charge < -0.3 is 19.8 Å². The van der Waals surface area contributed by atoms with Gasteiger partial charge in [0.05, 0.1) is 12.2 Å². The van der Waals surface area contributed by atoms with Gasteiger partial charge in [-0.05, 0) is 30.3 Å². The first-order valence-electron chi connectivity index (χ1n) is 8.20. The van der Waals surface area contributed by atoms with E-state index in [0.717, 1.165) is 6.07 Å². The van der Waals surface area contributed by atoms with Crippen molar-refractivity contribution in [2.24, 2.45) is 0 Å². The predicted molar refractivity (Wildman–Crippen MR) is 95.9 cm³/mol. The van der Waals surface area contributed by atoms with Crippen LogP contribution in [-0.4, -0.2) is 25.0 Å². The molecule has 2 aromatic carbocycles. The lowest BCUT2D eigenvalue weighted by molar-refractivity contribution is -0.125. The first kappa shape index (κ1) is 19.9. The van der Waals surface area contributed by atoms with E-state index in [1.165, 1.54) is 12.1 Å². The first-order chi connectivity index (χ1) is 13.8. The van der Waals surface area contributed by atoms with Gasteiger partial charge in [-0.1, -0.05) is 0 Å². The smallest absolute Gasteiger partial charge is 0.336 e. The van der Waals surface area contributed by atoms with Crippen LogP contribution in [0.5, 0.6) is 5.75 Å². The van der Waals surface area contributed by atoms with Crippen molar-refractivity contribution in [1.82, 2.24) is 5.32 Å². The molecule has 0 spiro atoms. The molecule has 0 fully saturated rings. The molecule has 2 amide bonds. The summed E-state index contributed by atoms with van der Waals surface area (Å²) >= 11 is 0. The monoisotopic (exact) mass is 406 g/mol. The van der Waals surface area contributed by atoms with Gasteiger partial charge in [-0.3, -0.25) is 9.59 Å². The molecule has 0 saturated carbocycles. The summed E-state index contributed by atoms with van der Waals surface area (Å²) < 4.78 is 49.7. The largest absolute Gasteiger partial charge is 0.484 e. The van der Waals surface area contributed by atoms with E-state index in [-0.39, 0.29) is 11.3 Å². The number of amides is 2. The summed E-state index contributed by atoms with van der Waals surface area (Å²) in [4.78, 5) is 34.7. The fraction of sp³-hybridized carbons (Fsp3) is 0.105. The second kappa shape index (κ2) is 8.46. The summed E-state index contributed by atoms with van der Waals surface area (Å²) in [5.41, 5.74) is -0.809. The molecular formula is C19H13F3N2O5. The minimum Gasteiger partial charge on any atom is -0.484 e. The molecule has 10 heteroatoms. The van der Waals surface area contributed by atoms with Crippen molar-refractivity contribution in [3.05, 3.63) is 70.3 Å². The summed E-state index contributed by atoms with van der Waals surface area (Å²) in [6, 6.07) is 8.99. The number of hydrogen-bond donors (Lipinski definition) is 2. The molecule has 0 aliphatic rings. The number of carbonyl (C=O) groups is 2. The Balaban J connectivity index is 1.50. The first-order valence-corrected chi connectivity index (χ1v) is 8.20. The maximum absolute atomic E-state index is 13.5. The van der Waals surface area contributed by atoms with Crippen LogP contribution in [-0.2, 0) is 9.59 Å². The molecule has 2 N–H and O–H groups in total. The number of rotatable bonds is 6. The van der Waals surface area contributed by atoms with Crippen LogP contribution < -0.4 is 21.0 Å². The standard InChI is InChI=1S/C19H13F3N2O5/c20-12-4-5-13(19(22)18(12)21)24-15(25)8-23-16(26)9-28-11-3-1-10-2-6-17(27)29-14(10)7-11/h1-7H,8-9H2,(H,23,26)(H,24,25). The van der Waals surface area contributed by atoms with Crippen LogP contribution in [0.1, 0.15) is 0 Å². The molecule has 0 unspecified atom stereocenters. The maximum atomic E-state index is 13.5. The number of benzene rings is 2. The van der Waals surface area contributed by atoms with E-state index in [1.54, 1.807) is 18.2 Å². The van der Waals surface area contributed by atoms with Gasteiger partial charge in [0.15, 0.2) is 24.1 Å². The van der Waals surface area contributed by atoms with Gasteiger partial charge in [0.2, 0.25) is 5.91 Å². The molecule has 3 aromatic rings. The molecular weight excluding hydrogens is 393 g/mol. The average molecular weight is 406 g/mol. The normalized spacial score (nSPS) is 10.6. The fourth-order valence-corrected chi connectivity index (χ4v) is 2.33. The van der Waals surface area contributed by atoms with E-state index in [2.05, 4.69) is 5.32 Å². The van der Waals surface area contributed by atoms with Crippen molar-refractivity contribution in [3.8, 4) is 5.75 Å². The Hall–Kier alpha value is -3.82. The van der Waals surface area contributed by atoms with Gasteiger partial charge in [0, 0.05) is 17.5 Å². The van der Waals surface area contributed by atoms with Gasteiger partial charge in [0.1, 0.15) is 11.3 Å². The van der Waals surface area contributed by atoms with E-state index in [9.17, 15) is 27.6 Å². The second-order valence-electron chi connectivity index (χ2n) is 5.79.